The van der Waals surface area contributed by atoms with Crippen molar-refractivity contribution in [1.29, 1.82) is 0 Å². The van der Waals surface area contributed by atoms with Crippen LogP contribution in [0.3, 0.4) is 0 Å². The van der Waals surface area contributed by atoms with E-state index in [0.29, 0.717) is 37.0 Å². The zero-order chi connectivity index (χ0) is 13.5. The van der Waals surface area contributed by atoms with E-state index in [4.69, 9.17) is 4.52 Å². The third kappa shape index (κ3) is 5.46. The Bertz CT molecular complexity index is 405. The lowest BCUT2D eigenvalue weighted by Gasteiger charge is -2.07. The summed E-state index contributed by atoms with van der Waals surface area (Å²) in [5.74, 6) is 2.09. The van der Waals surface area contributed by atoms with E-state index >= 15 is 0 Å². The summed E-state index contributed by atoms with van der Waals surface area (Å²) in [6, 6.07) is 0. The number of hydrogen-bond donors (Lipinski definition) is 2. The Hall–Kier alpha value is -1.14. The van der Waals surface area contributed by atoms with Gasteiger partial charge in [-0.1, -0.05) is 12.1 Å². The van der Waals surface area contributed by atoms with E-state index in [-0.39, 0.29) is 18.3 Å². The minimum atomic E-state index is 0. The highest BCUT2D eigenvalue weighted by Gasteiger charge is 2.15. The van der Waals surface area contributed by atoms with Gasteiger partial charge in [-0.3, -0.25) is 4.79 Å². The third-order valence-corrected chi connectivity index (χ3v) is 3.43. The second-order valence-corrected chi connectivity index (χ2v) is 4.96. The van der Waals surface area contributed by atoms with E-state index in [9.17, 15) is 4.79 Å². The normalized spacial score (nSPS) is 17.8. The molecule has 1 unspecified atom stereocenters. The molecular formula is C13H23ClN4O2. The van der Waals surface area contributed by atoms with Gasteiger partial charge in [-0.15, -0.1) is 12.4 Å². The van der Waals surface area contributed by atoms with E-state index in [1.165, 1.54) is 6.42 Å². The maximum atomic E-state index is 11.7. The minimum Gasteiger partial charge on any atom is -0.356 e. The summed E-state index contributed by atoms with van der Waals surface area (Å²) in [4.78, 5) is 15.9. The molecule has 1 atom stereocenters. The number of halogens is 1. The number of hydrogen-bond acceptors (Lipinski definition) is 5. The van der Waals surface area contributed by atoms with Gasteiger partial charge < -0.3 is 15.2 Å². The van der Waals surface area contributed by atoms with E-state index in [0.717, 1.165) is 25.9 Å². The molecule has 0 aliphatic carbocycles. The second kappa shape index (κ2) is 8.92. The summed E-state index contributed by atoms with van der Waals surface area (Å²) >= 11 is 0. The molecule has 0 spiro atoms. The molecule has 1 aromatic rings. The number of rotatable bonds is 7. The van der Waals surface area contributed by atoms with Gasteiger partial charge in [0.15, 0.2) is 5.82 Å². The van der Waals surface area contributed by atoms with Crippen molar-refractivity contribution in [2.24, 2.45) is 5.92 Å². The van der Waals surface area contributed by atoms with Crippen LogP contribution >= 0.6 is 12.4 Å². The van der Waals surface area contributed by atoms with Gasteiger partial charge in [0.25, 0.3) is 0 Å². The Morgan fingerprint density at radius 3 is 3.05 bits per heavy atom. The lowest BCUT2D eigenvalue weighted by Crippen LogP contribution is -2.26. The molecule has 20 heavy (non-hydrogen) atoms. The molecule has 2 N–H and O–H groups in total. The first-order valence-electron chi connectivity index (χ1n) is 7.06. The first kappa shape index (κ1) is 16.9. The van der Waals surface area contributed by atoms with Gasteiger partial charge in [-0.2, -0.15) is 4.98 Å². The Kier molecular flexibility index (Phi) is 7.54. The van der Waals surface area contributed by atoms with Crippen molar-refractivity contribution in [2.45, 2.75) is 39.0 Å². The highest BCUT2D eigenvalue weighted by atomic mass is 35.5. The van der Waals surface area contributed by atoms with E-state index in [1.807, 2.05) is 6.92 Å². The zero-order valence-electron chi connectivity index (χ0n) is 11.9. The van der Waals surface area contributed by atoms with Gasteiger partial charge in [-0.05, 0) is 31.8 Å². The number of aryl methyl sites for hydroxylation is 1. The van der Waals surface area contributed by atoms with Crippen molar-refractivity contribution >= 4 is 18.3 Å². The molecular weight excluding hydrogens is 280 g/mol. The standard InChI is InChI=1S/C13H22N4O2.ClH/c1-2-13-16-11(17-19-13)6-8-15-12(18)4-3-10-5-7-14-9-10;/h10,14H,2-9H2,1H3,(H,15,18);1H. The monoisotopic (exact) mass is 302 g/mol. The summed E-state index contributed by atoms with van der Waals surface area (Å²) in [6.45, 7) is 4.68. The fraction of sp³-hybridized carbons (Fsp3) is 0.769. The molecule has 1 saturated heterocycles. The average Bonchev–Trinajstić information content (AvgIpc) is 3.07. The molecule has 1 fully saturated rings. The Labute approximate surface area is 125 Å². The van der Waals surface area contributed by atoms with Gasteiger partial charge in [0.05, 0.1) is 0 Å². The van der Waals surface area contributed by atoms with Crippen LogP contribution in [-0.4, -0.2) is 35.7 Å². The van der Waals surface area contributed by atoms with E-state index < -0.39 is 0 Å². The lowest BCUT2D eigenvalue weighted by molar-refractivity contribution is -0.121. The minimum absolute atomic E-state index is 0. The number of amides is 1. The first-order valence-corrected chi connectivity index (χ1v) is 7.06. The highest BCUT2D eigenvalue weighted by Crippen LogP contribution is 2.13. The van der Waals surface area contributed by atoms with Gasteiger partial charge in [-0.25, -0.2) is 0 Å². The summed E-state index contributed by atoms with van der Waals surface area (Å²) in [6.07, 6.45) is 4.14. The number of nitrogens with one attached hydrogen (secondary N) is 2. The van der Waals surface area contributed by atoms with Crippen LogP contribution in [0.5, 0.6) is 0 Å². The van der Waals surface area contributed by atoms with Crippen LogP contribution < -0.4 is 10.6 Å². The summed E-state index contributed by atoms with van der Waals surface area (Å²) in [5, 5.41) is 10.1. The summed E-state index contributed by atoms with van der Waals surface area (Å²) < 4.78 is 5.01. The molecule has 7 heteroatoms. The molecule has 1 aromatic heterocycles. The average molecular weight is 303 g/mol. The van der Waals surface area contributed by atoms with Crippen LogP contribution in [0.4, 0.5) is 0 Å². The van der Waals surface area contributed by atoms with Crippen molar-refractivity contribution in [3.05, 3.63) is 11.7 Å². The molecule has 1 amide bonds. The van der Waals surface area contributed by atoms with Crippen LogP contribution in [0, 0.1) is 5.92 Å². The zero-order valence-corrected chi connectivity index (χ0v) is 12.7. The smallest absolute Gasteiger partial charge is 0.226 e. The Morgan fingerprint density at radius 1 is 1.55 bits per heavy atom. The van der Waals surface area contributed by atoms with Gasteiger partial charge in [0, 0.05) is 25.8 Å². The van der Waals surface area contributed by atoms with Crippen LogP contribution in [0.1, 0.15) is 37.9 Å². The quantitative estimate of drug-likeness (QED) is 0.788. The van der Waals surface area contributed by atoms with Gasteiger partial charge in [0.1, 0.15) is 0 Å². The molecule has 0 saturated carbocycles. The second-order valence-electron chi connectivity index (χ2n) is 4.96. The van der Waals surface area contributed by atoms with Crippen LogP contribution in [0.2, 0.25) is 0 Å². The maximum Gasteiger partial charge on any atom is 0.226 e. The summed E-state index contributed by atoms with van der Waals surface area (Å²) in [5.41, 5.74) is 0. The first-order chi connectivity index (χ1) is 9.28. The van der Waals surface area contributed by atoms with Gasteiger partial charge in [0.2, 0.25) is 11.8 Å². The van der Waals surface area contributed by atoms with Gasteiger partial charge >= 0.3 is 0 Å². The van der Waals surface area contributed by atoms with E-state index in [2.05, 4.69) is 20.8 Å². The largest absolute Gasteiger partial charge is 0.356 e. The van der Waals surface area contributed by atoms with Crippen molar-refractivity contribution < 1.29 is 9.32 Å². The van der Waals surface area contributed by atoms with Crippen LogP contribution in [0.15, 0.2) is 4.52 Å². The molecule has 2 heterocycles. The molecule has 1 aliphatic rings. The fourth-order valence-electron chi connectivity index (χ4n) is 2.23. The predicted molar refractivity (Wildman–Crippen MR) is 77.8 cm³/mol. The Morgan fingerprint density at radius 2 is 2.40 bits per heavy atom. The molecule has 0 radical (unpaired) electrons. The molecule has 2 rings (SSSR count). The number of carbonyl (C=O) groups is 1. The Balaban J connectivity index is 0.00000200. The number of nitrogens with zero attached hydrogens (tertiary/aromatic N) is 2. The molecule has 1 aliphatic heterocycles. The van der Waals surface area contributed by atoms with Crippen molar-refractivity contribution in [3.63, 3.8) is 0 Å². The van der Waals surface area contributed by atoms with Crippen molar-refractivity contribution in [2.75, 3.05) is 19.6 Å². The fourth-order valence-corrected chi connectivity index (χ4v) is 2.23. The molecule has 0 bridgehead atoms. The van der Waals surface area contributed by atoms with Crippen molar-refractivity contribution in [3.8, 4) is 0 Å². The number of carbonyl (C=O) groups excluding carboxylic acids is 1. The third-order valence-electron chi connectivity index (χ3n) is 3.43. The summed E-state index contributed by atoms with van der Waals surface area (Å²) in [7, 11) is 0. The predicted octanol–water partition coefficient (Wildman–Crippen LogP) is 1.10. The maximum absolute atomic E-state index is 11.7. The van der Waals surface area contributed by atoms with Crippen LogP contribution in [0.25, 0.3) is 0 Å². The number of aromatic nitrogens is 2. The highest BCUT2D eigenvalue weighted by molar-refractivity contribution is 5.85. The van der Waals surface area contributed by atoms with Crippen molar-refractivity contribution in [1.82, 2.24) is 20.8 Å². The lowest BCUT2D eigenvalue weighted by atomic mass is 10.0. The van der Waals surface area contributed by atoms with Crippen LogP contribution in [-0.2, 0) is 17.6 Å². The SMILES string of the molecule is CCc1nc(CCNC(=O)CCC2CCNC2)no1.Cl. The topological polar surface area (TPSA) is 80.0 Å². The molecule has 6 nitrogen and oxygen atoms in total. The molecule has 0 aromatic carbocycles. The van der Waals surface area contributed by atoms with E-state index in [1.54, 1.807) is 0 Å². The molecule has 114 valence electrons.